The van der Waals surface area contributed by atoms with Gasteiger partial charge in [-0.15, -0.1) is 0 Å². The number of rotatable bonds is 8. The fraction of sp³-hybridized carbons (Fsp3) is 0.917. The van der Waals surface area contributed by atoms with Crippen LogP contribution in [0, 0.1) is 0 Å². The van der Waals surface area contributed by atoms with Crippen molar-refractivity contribution in [3.05, 3.63) is 0 Å². The lowest BCUT2D eigenvalue weighted by Gasteiger charge is -2.24. The van der Waals surface area contributed by atoms with Crippen molar-refractivity contribution in [2.75, 3.05) is 40.3 Å². The lowest BCUT2D eigenvalue weighted by molar-refractivity contribution is -0.132. The van der Waals surface area contributed by atoms with Crippen LogP contribution in [-0.2, 0) is 4.79 Å². The van der Waals surface area contributed by atoms with E-state index in [2.05, 4.69) is 5.32 Å². The maximum Gasteiger partial charge on any atom is 0.239 e. The zero-order chi connectivity index (χ0) is 13.4. The van der Waals surface area contributed by atoms with E-state index in [1.807, 2.05) is 39.8 Å². The zero-order valence-electron chi connectivity index (χ0n) is 11.7. The van der Waals surface area contributed by atoms with Gasteiger partial charge in [-0.2, -0.15) is 0 Å². The predicted molar refractivity (Wildman–Crippen MR) is 70.0 cm³/mol. The van der Waals surface area contributed by atoms with Crippen LogP contribution in [0.25, 0.3) is 0 Å². The molecule has 102 valence electrons. The quantitative estimate of drug-likeness (QED) is 0.619. The number of hydrogen-bond donors (Lipinski definition) is 2. The number of aliphatic hydroxyl groups is 1. The molecule has 2 atom stereocenters. The summed E-state index contributed by atoms with van der Waals surface area (Å²) in [4.78, 5) is 15.6. The van der Waals surface area contributed by atoms with Gasteiger partial charge in [-0.1, -0.05) is 0 Å². The molecule has 0 bridgehead atoms. The molecule has 5 heteroatoms. The lowest BCUT2D eigenvalue weighted by Crippen LogP contribution is -2.47. The molecule has 0 fully saturated rings. The summed E-state index contributed by atoms with van der Waals surface area (Å²) in [5, 5.41) is 12.7. The number of likely N-dealkylation sites (N-methyl/N-ethyl adjacent to an activating group) is 2. The first kappa shape index (κ1) is 16.4. The van der Waals surface area contributed by atoms with Gasteiger partial charge in [0.1, 0.15) is 0 Å². The highest BCUT2D eigenvalue weighted by molar-refractivity contribution is 5.81. The maximum atomic E-state index is 11.9. The SMILES string of the molecule is CCN(CC)C(=O)C(C)NCC(O)CN(C)C. The Bertz CT molecular complexity index is 218. The maximum absolute atomic E-state index is 11.9. The molecule has 0 aliphatic carbocycles. The Hall–Kier alpha value is -0.650. The minimum Gasteiger partial charge on any atom is -0.390 e. The Labute approximate surface area is 105 Å². The van der Waals surface area contributed by atoms with Gasteiger partial charge in [0.05, 0.1) is 12.1 Å². The third-order valence-corrected chi connectivity index (χ3v) is 2.68. The zero-order valence-corrected chi connectivity index (χ0v) is 11.7. The van der Waals surface area contributed by atoms with E-state index < -0.39 is 6.10 Å². The van der Waals surface area contributed by atoms with Crippen molar-refractivity contribution in [1.82, 2.24) is 15.1 Å². The Morgan fingerprint density at radius 1 is 1.29 bits per heavy atom. The van der Waals surface area contributed by atoms with E-state index >= 15 is 0 Å². The van der Waals surface area contributed by atoms with E-state index in [0.29, 0.717) is 13.1 Å². The molecule has 2 N–H and O–H groups in total. The molecule has 0 aromatic rings. The van der Waals surface area contributed by atoms with Crippen LogP contribution in [0.4, 0.5) is 0 Å². The summed E-state index contributed by atoms with van der Waals surface area (Å²) in [5.74, 6) is 0.0899. The molecule has 1 amide bonds. The molecule has 0 spiro atoms. The van der Waals surface area contributed by atoms with Crippen LogP contribution < -0.4 is 5.32 Å². The van der Waals surface area contributed by atoms with Crippen molar-refractivity contribution in [3.63, 3.8) is 0 Å². The summed E-state index contributed by atoms with van der Waals surface area (Å²) < 4.78 is 0. The molecule has 5 nitrogen and oxygen atoms in total. The third-order valence-electron chi connectivity index (χ3n) is 2.68. The first-order valence-electron chi connectivity index (χ1n) is 6.27. The second-order valence-corrected chi connectivity index (χ2v) is 4.56. The number of nitrogens with one attached hydrogen (secondary N) is 1. The van der Waals surface area contributed by atoms with Gasteiger partial charge < -0.3 is 20.2 Å². The van der Waals surface area contributed by atoms with E-state index in [0.717, 1.165) is 13.1 Å². The van der Waals surface area contributed by atoms with Crippen molar-refractivity contribution in [2.45, 2.75) is 32.9 Å². The second-order valence-electron chi connectivity index (χ2n) is 4.56. The monoisotopic (exact) mass is 245 g/mol. The van der Waals surface area contributed by atoms with Crippen molar-refractivity contribution in [1.29, 1.82) is 0 Å². The summed E-state index contributed by atoms with van der Waals surface area (Å²) in [7, 11) is 3.82. The van der Waals surface area contributed by atoms with Gasteiger partial charge in [0, 0.05) is 26.2 Å². The van der Waals surface area contributed by atoms with Crippen molar-refractivity contribution in [3.8, 4) is 0 Å². The molecule has 0 saturated heterocycles. The normalized spacial score (nSPS) is 14.8. The van der Waals surface area contributed by atoms with E-state index in [1.54, 1.807) is 4.90 Å². The Morgan fingerprint density at radius 3 is 2.24 bits per heavy atom. The summed E-state index contributed by atoms with van der Waals surface area (Å²) in [6, 6.07) is -0.244. The number of carbonyl (C=O) groups is 1. The number of amides is 1. The van der Waals surface area contributed by atoms with Gasteiger partial charge in [-0.25, -0.2) is 0 Å². The van der Waals surface area contributed by atoms with Crippen molar-refractivity contribution in [2.24, 2.45) is 0 Å². The van der Waals surface area contributed by atoms with E-state index in [1.165, 1.54) is 0 Å². The second kappa shape index (κ2) is 8.44. The number of aliphatic hydroxyl groups excluding tert-OH is 1. The molecule has 0 heterocycles. The molecular weight excluding hydrogens is 218 g/mol. The molecule has 2 unspecified atom stereocenters. The predicted octanol–water partition coefficient (Wildman–Crippen LogP) is -0.245. The van der Waals surface area contributed by atoms with Gasteiger partial charge in [-0.3, -0.25) is 4.79 Å². The molecule has 0 aromatic carbocycles. The molecule has 0 rings (SSSR count). The standard InChI is InChI=1S/C12H27N3O2/c1-6-15(7-2)12(17)10(3)13-8-11(16)9-14(4)5/h10-11,13,16H,6-9H2,1-5H3. The fourth-order valence-electron chi connectivity index (χ4n) is 1.70. The van der Waals surface area contributed by atoms with E-state index in [4.69, 9.17) is 0 Å². The summed E-state index contributed by atoms with van der Waals surface area (Å²) >= 11 is 0. The Kier molecular flexibility index (Phi) is 8.12. The first-order chi connectivity index (χ1) is 7.92. The van der Waals surface area contributed by atoms with Crippen LogP contribution in [0.2, 0.25) is 0 Å². The minimum absolute atomic E-state index is 0.0899. The summed E-state index contributed by atoms with van der Waals surface area (Å²) in [6.07, 6.45) is -0.447. The molecule has 0 aromatic heterocycles. The van der Waals surface area contributed by atoms with Crippen molar-refractivity contribution < 1.29 is 9.90 Å². The molecule has 0 aliphatic rings. The molecule has 0 saturated carbocycles. The van der Waals surface area contributed by atoms with Gasteiger partial charge in [0.25, 0.3) is 0 Å². The summed E-state index contributed by atoms with van der Waals surface area (Å²) in [5.41, 5.74) is 0. The largest absolute Gasteiger partial charge is 0.390 e. The Balaban J connectivity index is 4.00. The highest BCUT2D eigenvalue weighted by atomic mass is 16.3. The highest BCUT2D eigenvalue weighted by Crippen LogP contribution is 1.95. The summed E-state index contributed by atoms with van der Waals surface area (Å²) in [6.45, 7) is 8.25. The molecule has 17 heavy (non-hydrogen) atoms. The average molecular weight is 245 g/mol. The molecule has 0 radical (unpaired) electrons. The van der Waals surface area contributed by atoms with Crippen LogP contribution >= 0.6 is 0 Å². The van der Waals surface area contributed by atoms with Gasteiger partial charge in [-0.05, 0) is 34.9 Å². The van der Waals surface area contributed by atoms with Gasteiger partial charge >= 0.3 is 0 Å². The molecule has 0 aliphatic heterocycles. The van der Waals surface area contributed by atoms with Crippen LogP contribution in [-0.4, -0.2) is 73.2 Å². The minimum atomic E-state index is -0.447. The fourth-order valence-corrected chi connectivity index (χ4v) is 1.70. The first-order valence-corrected chi connectivity index (χ1v) is 6.27. The molecular formula is C12H27N3O2. The van der Waals surface area contributed by atoms with Gasteiger partial charge in [0.15, 0.2) is 0 Å². The Morgan fingerprint density at radius 2 is 1.82 bits per heavy atom. The van der Waals surface area contributed by atoms with Gasteiger partial charge in [0.2, 0.25) is 5.91 Å². The highest BCUT2D eigenvalue weighted by Gasteiger charge is 2.18. The third kappa shape index (κ3) is 6.61. The van der Waals surface area contributed by atoms with E-state index in [-0.39, 0.29) is 11.9 Å². The van der Waals surface area contributed by atoms with Crippen LogP contribution in [0.5, 0.6) is 0 Å². The number of hydrogen-bond acceptors (Lipinski definition) is 4. The average Bonchev–Trinajstić information content (AvgIpc) is 2.26. The number of nitrogens with zero attached hydrogens (tertiary/aromatic N) is 2. The smallest absolute Gasteiger partial charge is 0.239 e. The van der Waals surface area contributed by atoms with Crippen LogP contribution in [0.1, 0.15) is 20.8 Å². The number of carbonyl (C=O) groups excluding carboxylic acids is 1. The van der Waals surface area contributed by atoms with E-state index in [9.17, 15) is 9.90 Å². The van der Waals surface area contributed by atoms with Crippen molar-refractivity contribution >= 4 is 5.91 Å². The topological polar surface area (TPSA) is 55.8 Å². The van der Waals surface area contributed by atoms with Crippen LogP contribution in [0.15, 0.2) is 0 Å². The lowest BCUT2D eigenvalue weighted by atomic mass is 10.2. The van der Waals surface area contributed by atoms with Crippen LogP contribution in [0.3, 0.4) is 0 Å².